The molecule has 0 aromatic heterocycles. The van der Waals surface area contributed by atoms with E-state index in [-0.39, 0.29) is 60.9 Å². The van der Waals surface area contributed by atoms with Gasteiger partial charge in [0.2, 0.25) is 0 Å². The number of rotatable bonds is 26. The number of benzene rings is 8. The molecule has 0 heterocycles. The minimum atomic E-state index is -5.03. The first-order valence-corrected chi connectivity index (χ1v) is 37.0. The van der Waals surface area contributed by atoms with Crippen LogP contribution < -0.4 is 9.47 Å². The molecule has 0 spiro atoms. The van der Waals surface area contributed by atoms with E-state index in [1.54, 1.807) is 88.0 Å². The molecule has 0 aliphatic carbocycles. The Morgan fingerprint density at radius 1 is 0.407 bits per heavy atom. The Balaban J connectivity index is 0.971. The van der Waals surface area contributed by atoms with Crippen LogP contribution in [0, 0.1) is 0 Å². The van der Waals surface area contributed by atoms with Crippen LogP contribution in [0.5, 0.6) is 17.2 Å². The minimum Gasteiger partial charge on any atom is -0.487 e. The summed E-state index contributed by atoms with van der Waals surface area (Å²) in [6.45, 7) is 19.3. The van der Waals surface area contributed by atoms with Gasteiger partial charge in [-0.15, -0.1) is 11.8 Å². The van der Waals surface area contributed by atoms with Crippen LogP contribution in [0.15, 0.2) is 214 Å². The van der Waals surface area contributed by atoms with E-state index >= 15 is 0 Å². The van der Waals surface area contributed by atoms with Gasteiger partial charge in [0.1, 0.15) is 32.6 Å². The average Bonchev–Trinajstić information content (AvgIpc) is 0.772. The van der Waals surface area contributed by atoms with Gasteiger partial charge in [-0.05, 0) is 182 Å². The summed E-state index contributed by atoms with van der Waals surface area (Å²) in [5.41, 5.74) is -1.89. The van der Waals surface area contributed by atoms with Gasteiger partial charge < -0.3 is 9.47 Å². The van der Waals surface area contributed by atoms with E-state index in [9.17, 15) is 61.5 Å². The highest BCUT2D eigenvalue weighted by atomic mass is 32.2. The standard InChI is InChI=1S/C68H70O16S7/c1-11-65(5,6)55-35-19-45(39-59(55)88(71,72)73)63(69)47-21-37-57(61(41-47)90(77,78)79)83-49-23-15-43(16-24-49)44-17-25-50(26-18-44)84-68(10,14-4)67(9,13-3)56-36-20-46(40-60(56)89(74,75)76)64(70)48-22-38-58(62(42-48)91(80,81)82)86-53-29-27-51(28-30-53)85-52-31-33-54(34-32-52)87-66(7,8)12-2/h15-42H,11-14H2,1-10H3,(H,71,72,73)(H,74,75,76)(H,77,78,79)(H,80,81,82). The van der Waals surface area contributed by atoms with E-state index in [0.29, 0.717) is 29.1 Å². The van der Waals surface area contributed by atoms with Crippen molar-refractivity contribution in [1.29, 1.82) is 0 Å². The fourth-order valence-electron chi connectivity index (χ4n) is 10.2. The Bertz CT molecular complexity index is 4530. The molecule has 0 bridgehead atoms. The number of carbonyl (C=O) groups is 2. The molecule has 0 amide bonds. The van der Waals surface area contributed by atoms with E-state index in [1.165, 1.54) is 53.4 Å². The van der Waals surface area contributed by atoms with Crippen molar-refractivity contribution in [1.82, 2.24) is 0 Å². The Morgan fingerprint density at radius 2 is 0.802 bits per heavy atom. The molecule has 8 rings (SSSR count). The molecular weight excluding hydrogens is 1300 g/mol. The number of thioether (sulfide) groups is 1. The third-order valence-electron chi connectivity index (χ3n) is 16.7. The van der Waals surface area contributed by atoms with Gasteiger partial charge in [-0.25, -0.2) is 0 Å². The highest BCUT2D eigenvalue weighted by Gasteiger charge is 2.48. The first-order valence-electron chi connectivity index (χ1n) is 28.8. The predicted molar refractivity (Wildman–Crippen MR) is 355 cm³/mol. The summed E-state index contributed by atoms with van der Waals surface area (Å²) in [6.07, 6.45) is 2.15. The first kappa shape index (κ1) is 70.3. The van der Waals surface area contributed by atoms with Crippen LogP contribution in [0.2, 0.25) is 0 Å². The molecular formula is C68H70O16S7. The van der Waals surface area contributed by atoms with E-state index in [1.807, 2.05) is 56.8 Å². The zero-order chi connectivity index (χ0) is 66.9. The number of hydrogen-bond donors (Lipinski definition) is 4. The van der Waals surface area contributed by atoms with Gasteiger partial charge >= 0.3 is 0 Å². The Morgan fingerprint density at radius 3 is 1.24 bits per heavy atom. The smallest absolute Gasteiger partial charge is 0.298 e. The van der Waals surface area contributed by atoms with Crippen LogP contribution in [0.1, 0.15) is 138 Å². The third kappa shape index (κ3) is 16.2. The van der Waals surface area contributed by atoms with Crippen LogP contribution in [0.25, 0.3) is 11.1 Å². The van der Waals surface area contributed by atoms with E-state index in [0.717, 1.165) is 57.8 Å². The molecule has 0 saturated carbocycles. The maximum absolute atomic E-state index is 14.2. The average molecular weight is 1370 g/mol. The van der Waals surface area contributed by atoms with E-state index < -0.39 is 88.1 Å². The van der Waals surface area contributed by atoms with Crippen molar-refractivity contribution in [3.05, 3.63) is 203 Å². The monoisotopic (exact) mass is 1370 g/mol. The molecule has 2 atom stereocenters. The lowest BCUT2D eigenvalue weighted by Crippen LogP contribution is -2.51. The van der Waals surface area contributed by atoms with Crippen molar-refractivity contribution in [3.8, 4) is 28.4 Å². The second-order valence-electron chi connectivity index (χ2n) is 23.4. The Labute approximate surface area is 546 Å². The van der Waals surface area contributed by atoms with Crippen LogP contribution in [-0.4, -0.2) is 73.8 Å². The SMILES string of the molecule is CCC(C)(C)Sc1ccc(Sc2ccc(Sc3ccc(C(=O)c4ccc(C(C)(CC)C(C)(CC)Oc5ccc(-c6ccc(Oc7ccc(C(=O)c8ccc(C(C)(C)CC)c(S(=O)(=O)O)c8)cc7S(=O)(=O)O)cc6)cc5)c(S(=O)(=O)O)c4)cc3S(=O)(=O)O)cc2)cc1. The van der Waals surface area contributed by atoms with Crippen molar-refractivity contribution >= 4 is 87.3 Å². The van der Waals surface area contributed by atoms with Crippen molar-refractivity contribution in [2.24, 2.45) is 0 Å². The number of carbonyl (C=O) groups excluding carboxylic acids is 2. The summed E-state index contributed by atoms with van der Waals surface area (Å²) in [5.74, 6) is -1.32. The van der Waals surface area contributed by atoms with Gasteiger partial charge in [0, 0.05) is 56.9 Å². The molecule has 16 nitrogen and oxygen atoms in total. The van der Waals surface area contributed by atoms with Crippen molar-refractivity contribution in [2.45, 2.75) is 160 Å². The summed E-state index contributed by atoms with van der Waals surface area (Å²) >= 11 is 4.47. The summed E-state index contributed by atoms with van der Waals surface area (Å²) < 4.78 is 157. The topological polar surface area (TPSA) is 270 Å². The summed E-state index contributed by atoms with van der Waals surface area (Å²) in [7, 11) is -19.7. The van der Waals surface area contributed by atoms with Crippen molar-refractivity contribution in [3.63, 3.8) is 0 Å². The molecule has 4 N–H and O–H groups in total. The molecule has 91 heavy (non-hydrogen) atoms. The van der Waals surface area contributed by atoms with Crippen LogP contribution in [-0.2, 0) is 51.3 Å². The van der Waals surface area contributed by atoms with Gasteiger partial charge in [-0.1, -0.05) is 134 Å². The molecule has 8 aromatic rings. The van der Waals surface area contributed by atoms with Crippen molar-refractivity contribution in [2.75, 3.05) is 0 Å². The lowest BCUT2D eigenvalue weighted by Gasteiger charge is -2.46. The third-order valence-corrected chi connectivity index (χ3v) is 23.9. The normalized spacial score (nSPS) is 13.9. The molecule has 0 aliphatic heterocycles. The predicted octanol–water partition coefficient (Wildman–Crippen LogP) is 16.8. The van der Waals surface area contributed by atoms with E-state index in [4.69, 9.17) is 9.47 Å². The largest absolute Gasteiger partial charge is 0.487 e. The summed E-state index contributed by atoms with van der Waals surface area (Å²) in [4.78, 5) is 29.6. The lowest BCUT2D eigenvalue weighted by atomic mass is 9.66. The van der Waals surface area contributed by atoms with E-state index in [2.05, 4.69) is 45.0 Å². The molecule has 0 aliphatic rings. The quantitative estimate of drug-likeness (QED) is 0.0223. The molecule has 0 saturated heterocycles. The molecule has 8 aromatic carbocycles. The zero-order valence-corrected chi connectivity index (χ0v) is 57.3. The fourth-order valence-corrected chi connectivity index (χ4v) is 16.3. The van der Waals surface area contributed by atoms with Gasteiger partial charge in [0.25, 0.3) is 40.5 Å². The maximum Gasteiger partial charge on any atom is 0.298 e. The van der Waals surface area contributed by atoms with Gasteiger partial charge in [-0.2, -0.15) is 33.7 Å². The van der Waals surface area contributed by atoms with Crippen molar-refractivity contribution < 1.29 is 70.9 Å². The Hall–Kier alpha value is -6.61. The molecule has 0 fully saturated rings. The highest BCUT2D eigenvalue weighted by Crippen LogP contribution is 2.47. The molecule has 480 valence electrons. The van der Waals surface area contributed by atoms with Gasteiger partial charge in [-0.3, -0.25) is 27.8 Å². The summed E-state index contributed by atoms with van der Waals surface area (Å²) in [6, 6.07) is 44.1. The first-order chi connectivity index (χ1) is 42.4. The van der Waals surface area contributed by atoms with Crippen LogP contribution in [0.3, 0.4) is 0 Å². The van der Waals surface area contributed by atoms with Gasteiger partial charge in [0.05, 0.1) is 9.79 Å². The second-order valence-corrected chi connectivity index (χ2v) is 33.0. The van der Waals surface area contributed by atoms with Crippen LogP contribution in [0.4, 0.5) is 0 Å². The molecule has 0 radical (unpaired) electrons. The Kier molecular flexibility index (Phi) is 21.0. The second kappa shape index (κ2) is 27.2. The lowest BCUT2D eigenvalue weighted by molar-refractivity contribution is 0.00174. The maximum atomic E-state index is 14.2. The van der Waals surface area contributed by atoms with Crippen LogP contribution >= 0.6 is 35.3 Å². The minimum absolute atomic E-state index is 0.120. The molecule has 2 unspecified atom stereocenters. The zero-order valence-electron chi connectivity index (χ0n) is 51.5. The number of ketones is 2. The van der Waals surface area contributed by atoms with Gasteiger partial charge in [0.15, 0.2) is 11.6 Å². The molecule has 23 heteroatoms. The summed E-state index contributed by atoms with van der Waals surface area (Å²) in [5, 5.41) is 0. The highest BCUT2D eigenvalue weighted by molar-refractivity contribution is 8.01. The number of ether oxygens (including phenoxy) is 2. The number of hydrogen-bond acceptors (Lipinski definition) is 15. The fraction of sp³-hybridized carbons (Fsp3) is 0.265.